The molecule has 0 fully saturated rings. The summed E-state index contributed by atoms with van der Waals surface area (Å²) in [6.07, 6.45) is 0. The Labute approximate surface area is 148 Å². The molecule has 9 nitrogen and oxygen atoms in total. The summed E-state index contributed by atoms with van der Waals surface area (Å²) in [5.41, 5.74) is 2.74. The van der Waals surface area contributed by atoms with E-state index in [-0.39, 0.29) is 15.8 Å². The fourth-order valence-corrected chi connectivity index (χ4v) is 2.69. The number of carbonyl (C=O) groups is 3. The van der Waals surface area contributed by atoms with Gasteiger partial charge in [0.05, 0.1) is 0 Å². The molecule has 130 valence electrons. The number of ether oxygens (including phenoxy) is 1. The number of aromatic carboxylic acids is 2. The maximum Gasteiger partial charge on any atom is 0.342 e. The maximum absolute atomic E-state index is 12.0. The van der Waals surface area contributed by atoms with Crippen molar-refractivity contribution < 1.29 is 29.3 Å². The topological polar surface area (TPSA) is 160 Å². The standard InChI is InChI=1S/C15H11BrN2O7/c1-5(19)25-6-2-3-8(16)7(4-6)9-10(14(21)22)12(17)18-13(20)11(9)15(23)24/h2-4H,1H3,(H,21,22)(H,23,24)(H3,17,18,20). The van der Waals surface area contributed by atoms with E-state index in [9.17, 15) is 29.4 Å². The minimum absolute atomic E-state index is 0.0198. The molecule has 1 aromatic carbocycles. The lowest BCUT2D eigenvalue weighted by molar-refractivity contribution is -0.131. The second-order valence-electron chi connectivity index (χ2n) is 4.84. The molecular formula is C15H11BrN2O7. The number of hydrogen-bond acceptors (Lipinski definition) is 6. The minimum Gasteiger partial charge on any atom is -0.478 e. The molecule has 0 amide bonds. The van der Waals surface area contributed by atoms with Gasteiger partial charge in [-0.15, -0.1) is 0 Å². The third kappa shape index (κ3) is 3.53. The molecule has 5 N–H and O–H groups in total. The van der Waals surface area contributed by atoms with Crippen molar-refractivity contribution in [1.29, 1.82) is 0 Å². The highest BCUT2D eigenvalue weighted by molar-refractivity contribution is 9.10. The number of H-pyrrole nitrogens is 1. The van der Waals surface area contributed by atoms with Crippen molar-refractivity contribution in [2.75, 3.05) is 5.73 Å². The summed E-state index contributed by atoms with van der Waals surface area (Å²) in [7, 11) is 0. The molecule has 0 atom stereocenters. The van der Waals surface area contributed by atoms with Crippen LogP contribution in [0.3, 0.4) is 0 Å². The van der Waals surface area contributed by atoms with Crippen LogP contribution in [0.15, 0.2) is 27.5 Å². The highest BCUT2D eigenvalue weighted by Crippen LogP contribution is 2.36. The molecule has 0 saturated heterocycles. The Morgan fingerprint density at radius 3 is 2.28 bits per heavy atom. The summed E-state index contributed by atoms with van der Waals surface area (Å²) in [6, 6.07) is 4.06. The molecule has 0 radical (unpaired) electrons. The number of nitrogens with one attached hydrogen (secondary N) is 1. The fraction of sp³-hybridized carbons (Fsp3) is 0.0667. The van der Waals surface area contributed by atoms with Crippen molar-refractivity contribution in [1.82, 2.24) is 4.98 Å². The lowest BCUT2D eigenvalue weighted by Gasteiger charge is -2.14. The fourth-order valence-electron chi connectivity index (χ4n) is 2.24. The number of carboxylic acids is 2. The van der Waals surface area contributed by atoms with Crippen LogP contribution in [0.4, 0.5) is 5.82 Å². The Morgan fingerprint density at radius 2 is 1.76 bits per heavy atom. The Kier molecular flexibility index (Phi) is 4.93. The summed E-state index contributed by atoms with van der Waals surface area (Å²) < 4.78 is 5.20. The van der Waals surface area contributed by atoms with Gasteiger partial charge in [-0.25, -0.2) is 9.59 Å². The van der Waals surface area contributed by atoms with Gasteiger partial charge >= 0.3 is 17.9 Å². The van der Waals surface area contributed by atoms with Crippen molar-refractivity contribution in [3.05, 3.63) is 44.2 Å². The normalized spacial score (nSPS) is 10.3. The quantitative estimate of drug-likeness (QED) is 0.437. The summed E-state index contributed by atoms with van der Waals surface area (Å²) >= 11 is 3.17. The van der Waals surface area contributed by atoms with Gasteiger partial charge in [-0.05, 0) is 18.2 Å². The van der Waals surface area contributed by atoms with Gasteiger partial charge < -0.3 is 25.7 Å². The van der Waals surface area contributed by atoms with Crippen LogP contribution in [0.2, 0.25) is 0 Å². The van der Waals surface area contributed by atoms with Gasteiger partial charge in [0.25, 0.3) is 5.56 Å². The summed E-state index contributed by atoms with van der Waals surface area (Å²) in [5, 5.41) is 18.8. The van der Waals surface area contributed by atoms with E-state index in [2.05, 4.69) is 15.9 Å². The number of aromatic amines is 1. The van der Waals surface area contributed by atoms with Crippen LogP contribution in [0.5, 0.6) is 5.75 Å². The molecular weight excluding hydrogens is 400 g/mol. The second-order valence-corrected chi connectivity index (χ2v) is 5.69. The maximum atomic E-state index is 12.0. The number of benzene rings is 1. The molecule has 0 aliphatic heterocycles. The van der Waals surface area contributed by atoms with Crippen LogP contribution in [0.1, 0.15) is 27.6 Å². The van der Waals surface area contributed by atoms with E-state index in [0.29, 0.717) is 0 Å². The number of nitrogens with two attached hydrogens (primary N) is 1. The van der Waals surface area contributed by atoms with Crippen LogP contribution in [0.25, 0.3) is 11.1 Å². The number of pyridine rings is 1. The van der Waals surface area contributed by atoms with E-state index in [4.69, 9.17) is 10.5 Å². The number of esters is 1. The molecule has 10 heteroatoms. The number of aromatic nitrogens is 1. The average molecular weight is 411 g/mol. The smallest absolute Gasteiger partial charge is 0.342 e. The van der Waals surface area contributed by atoms with Crippen molar-refractivity contribution in [2.45, 2.75) is 6.92 Å². The van der Waals surface area contributed by atoms with Gasteiger partial charge in [-0.1, -0.05) is 15.9 Å². The lowest BCUT2D eigenvalue weighted by atomic mass is 9.95. The molecule has 25 heavy (non-hydrogen) atoms. The van der Waals surface area contributed by atoms with Gasteiger partial charge in [0, 0.05) is 22.5 Å². The highest BCUT2D eigenvalue weighted by Gasteiger charge is 2.28. The Morgan fingerprint density at radius 1 is 1.16 bits per heavy atom. The first-order valence-corrected chi connectivity index (χ1v) is 7.43. The molecule has 0 saturated carbocycles. The van der Waals surface area contributed by atoms with E-state index in [1.807, 2.05) is 4.98 Å². The van der Waals surface area contributed by atoms with Gasteiger partial charge in [0.2, 0.25) is 0 Å². The van der Waals surface area contributed by atoms with Crippen molar-refractivity contribution >= 4 is 39.7 Å². The molecule has 2 aromatic rings. The summed E-state index contributed by atoms with van der Waals surface area (Å²) in [4.78, 5) is 48.2. The molecule has 0 aliphatic carbocycles. The SMILES string of the molecule is CC(=O)Oc1ccc(Br)c(-c2c(C(=O)O)c(N)[nH]c(=O)c2C(=O)O)c1. The zero-order valence-corrected chi connectivity index (χ0v) is 14.2. The molecule has 2 rings (SSSR count). The largest absolute Gasteiger partial charge is 0.478 e. The monoisotopic (exact) mass is 410 g/mol. The number of carbonyl (C=O) groups excluding carboxylic acids is 1. The predicted octanol–water partition coefficient (Wildman–Crippen LogP) is 1.71. The Balaban J connectivity index is 2.95. The van der Waals surface area contributed by atoms with Crippen LogP contribution < -0.4 is 16.0 Å². The van der Waals surface area contributed by atoms with Gasteiger partial charge in [-0.3, -0.25) is 9.59 Å². The third-order valence-corrected chi connectivity index (χ3v) is 3.83. The Hall–Kier alpha value is -3.14. The number of carboxylic acid groups (broad SMARTS) is 2. The minimum atomic E-state index is -1.64. The first-order valence-electron chi connectivity index (χ1n) is 6.64. The highest BCUT2D eigenvalue weighted by atomic mass is 79.9. The van der Waals surface area contributed by atoms with Crippen molar-refractivity contribution in [3.63, 3.8) is 0 Å². The molecule has 0 bridgehead atoms. The third-order valence-electron chi connectivity index (χ3n) is 3.14. The van der Waals surface area contributed by atoms with Crippen LogP contribution >= 0.6 is 15.9 Å². The van der Waals surface area contributed by atoms with E-state index >= 15 is 0 Å². The zero-order chi connectivity index (χ0) is 18.9. The number of hydrogen-bond donors (Lipinski definition) is 4. The zero-order valence-electron chi connectivity index (χ0n) is 12.6. The lowest BCUT2D eigenvalue weighted by Crippen LogP contribution is -2.24. The van der Waals surface area contributed by atoms with Crippen molar-refractivity contribution in [3.8, 4) is 16.9 Å². The first kappa shape index (κ1) is 18.2. The van der Waals surface area contributed by atoms with Gasteiger partial charge in [0.15, 0.2) is 0 Å². The molecule has 1 aromatic heterocycles. The number of rotatable bonds is 4. The van der Waals surface area contributed by atoms with Crippen LogP contribution in [-0.4, -0.2) is 33.1 Å². The molecule has 0 spiro atoms. The predicted molar refractivity (Wildman–Crippen MR) is 89.8 cm³/mol. The summed E-state index contributed by atoms with van der Waals surface area (Å²) in [5.74, 6) is -4.25. The number of nitrogen functional groups attached to an aromatic ring is 1. The van der Waals surface area contributed by atoms with Crippen LogP contribution in [-0.2, 0) is 4.79 Å². The van der Waals surface area contributed by atoms with Crippen molar-refractivity contribution in [2.24, 2.45) is 0 Å². The number of halogens is 1. The van der Waals surface area contributed by atoms with E-state index < -0.39 is 46.0 Å². The molecule has 1 heterocycles. The van der Waals surface area contributed by atoms with Gasteiger partial charge in [-0.2, -0.15) is 0 Å². The summed E-state index contributed by atoms with van der Waals surface area (Å²) in [6.45, 7) is 1.16. The molecule has 0 aliphatic rings. The van der Waals surface area contributed by atoms with Crippen LogP contribution in [0, 0.1) is 0 Å². The number of anilines is 1. The Bertz CT molecular complexity index is 965. The van der Waals surface area contributed by atoms with E-state index in [1.54, 1.807) is 0 Å². The second kappa shape index (κ2) is 6.77. The van der Waals surface area contributed by atoms with Gasteiger partial charge in [0.1, 0.15) is 22.7 Å². The average Bonchev–Trinajstić information content (AvgIpc) is 2.46. The first-order chi connectivity index (χ1) is 11.6. The van der Waals surface area contributed by atoms with E-state index in [1.165, 1.54) is 18.2 Å². The van der Waals surface area contributed by atoms with E-state index in [0.717, 1.165) is 6.92 Å². The molecule has 0 unspecified atom stereocenters.